The van der Waals surface area contributed by atoms with E-state index in [4.69, 9.17) is 15.3 Å². The van der Waals surface area contributed by atoms with Crippen LogP contribution in [-0.4, -0.2) is 75.9 Å². The van der Waals surface area contributed by atoms with E-state index >= 15 is 0 Å². The minimum Gasteiger partial charge on any atom is -0.662 e. The molecule has 1 rings (SSSR count). The van der Waals surface area contributed by atoms with Crippen LogP contribution in [0.2, 0.25) is 0 Å². The van der Waals surface area contributed by atoms with Gasteiger partial charge < -0.3 is 31.3 Å². The van der Waals surface area contributed by atoms with Crippen LogP contribution in [0.5, 0.6) is 0 Å². The van der Waals surface area contributed by atoms with Gasteiger partial charge in [0.1, 0.15) is 0 Å². The fraction of sp³-hybridized carbons (Fsp3) is 1.00. The third-order valence-electron chi connectivity index (χ3n) is 2.05. The molecule has 0 unspecified atom stereocenters. The van der Waals surface area contributed by atoms with Gasteiger partial charge in [-0.1, -0.05) is 12.8 Å². The summed E-state index contributed by atoms with van der Waals surface area (Å²) in [5.41, 5.74) is 0. The molecule has 1 fully saturated rings. The van der Waals surface area contributed by atoms with Crippen molar-refractivity contribution in [3.05, 3.63) is 5.32 Å². The van der Waals surface area contributed by atoms with Gasteiger partial charge in [0, 0.05) is 43.0 Å². The van der Waals surface area contributed by atoms with Gasteiger partial charge in [0.05, 0.1) is 0 Å². The van der Waals surface area contributed by atoms with E-state index in [1.54, 1.807) is 0 Å². The largest absolute Gasteiger partial charge is 0.662 e. The molecule has 126 valence electrons. The molecule has 20 heavy (non-hydrogen) atoms. The van der Waals surface area contributed by atoms with E-state index in [0.717, 1.165) is 60.6 Å². The molecule has 1 aliphatic rings. The number of halogens is 1. The predicted octanol–water partition coefficient (Wildman–Crippen LogP) is -0.0320. The van der Waals surface area contributed by atoms with Crippen molar-refractivity contribution in [2.45, 2.75) is 19.3 Å². The van der Waals surface area contributed by atoms with E-state index in [9.17, 15) is 0 Å². The summed E-state index contributed by atoms with van der Waals surface area (Å²) in [6.45, 7) is 6.62. The maximum atomic E-state index is 7.00. The minimum absolute atomic E-state index is 0. The molecule has 1 saturated heterocycles. The molecule has 0 bridgehead atoms. The number of aliphatic hydroxyl groups is 3. The average Bonchev–Trinajstić information content (AvgIpc) is 2.46. The van der Waals surface area contributed by atoms with Crippen LogP contribution in [0, 0.1) is 0 Å². The molecule has 0 aromatic heterocycles. The number of hydrogen-bond donors (Lipinski definition) is 5. The molecule has 0 aromatic carbocycles. The summed E-state index contributed by atoms with van der Waals surface area (Å²) in [6, 6.07) is 0. The SMILES string of the molecule is C1C[N-]CCCNCCCNC1.CO.CO.CO.Cl.[Ti]. The van der Waals surface area contributed by atoms with Crippen LogP contribution in [0.4, 0.5) is 0 Å². The number of nitrogens with one attached hydrogen (secondary N) is 2. The van der Waals surface area contributed by atoms with E-state index in [1.807, 2.05) is 0 Å². The molecule has 8 heteroatoms. The smallest absolute Gasteiger partial charge is 0.0319 e. The van der Waals surface area contributed by atoms with Crippen molar-refractivity contribution < 1.29 is 37.0 Å². The second-order valence-electron chi connectivity index (χ2n) is 3.23. The summed E-state index contributed by atoms with van der Waals surface area (Å²) in [7, 11) is 3.00. The number of rotatable bonds is 0. The Kier molecular flexibility index (Phi) is 69.7. The number of nitrogens with zero attached hydrogens (tertiary/aromatic N) is 1. The van der Waals surface area contributed by atoms with Crippen LogP contribution >= 0.6 is 12.4 Å². The molecule has 1 aliphatic heterocycles. The predicted molar refractivity (Wildman–Crippen MR) is 84.4 cm³/mol. The molecule has 0 aromatic rings. The molecular formula is C12H33ClN3O3Ti-. The Hall–Kier alpha value is 0.764. The van der Waals surface area contributed by atoms with Crippen molar-refractivity contribution in [3.8, 4) is 0 Å². The Morgan fingerprint density at radius 1 is 0.650 bits per heavy atom. The Balaban J connectivity index is -0.0000000833. The maximum absolute atomic E-state index is 7.00. The van der Waals surface area contributed by atoms with Gasteiger partial charge in [-0.25, -0.2) is 0 Å². The Morgan fingerprint density at radius 3 is 1.30 bits per heavy atom. The van der Waals surface area contributed by atoms with Gasteiger partial charge in [-0.3, -0.25) is 0 Å². The summed E-state index contributed by atoms with van der Waals surface area (Å²) in [5.74, 6) is 0. The van der Waals surface area contributed by atoms with Crippen molar-refractivity contribution in [3.63, 3.8) is 0 Å². The molecule has 6 nitrogen and oxygen atoms in total. The van der Waals surface area contributed by atoms with Gasteiger partial charge >= 0.3 is 0 Å². The van der Waals surface area contributed by atoms with Crippen LogP contribution in [-0.2, 0) is 21.7 Å². The van der Waals surface area contributed by atoms with Gasteiger partial charge in [-0.05, 0) is 32.6 Å². The second kappa shape index (κ2) is 42.7. The molecule has 0 spiro atoms. The standard InChI is InChI=1S/C9H20N3.3CH4O.ClH.Ti/c1-4-10-6-2-8-12-9-3-7-11-5-1;3*1-2;;/h10-11H,1-9H2;3*2H,1H3;1H;/q-1;;;;;. The fourth-order valence-electron chi connectivity index (χ4n) is 1.33. The van der Waals surface area contributed by atoms with Crippen LogP contribution in [0.15, 0.2) is 0 Å². The van der Waals surface area contributed by atoms with E-state index in [0.29, 0.717) is 0 Å². The fourth-order valence-corrected chi connectivity index (χ4v) is 1.33. The Morgan fingerprint density at radius 2 is 0.950 bits per heavy atom. The molecule has 5 N–H and O–H groups in total. The van der Waals surface area contributed by atoms with Gasteiger partial charge in [-0.2, -0.15) is 0 Å². The third-order valence-corrected chi connectivity index (χ3v) is 2.05. The summed E-state index contributed by atoms with van der Waals surface area (Å²) >= 11 is 0. The van der Waals surface area contributed by atoms with E-state index in [2.05, 4.69) is 16.0 Å². The number of hydrogen-bond acceptors (Lipinski definition) is 5. The van der Waals surface area contributed by atoms with Gasteiger partial charge in [0.25, 0.3) is 0 Å². The van der Waals surface area contributed by atoms with Crippen LogP contribution in [0.25, 0.3) is 5.32 Å². The van der Waals surface area contributed by atoms with Gasteiger partial charge in [0.2, 0.25) is 0 Å². The second-order valence-corrected chi connectivity index (χ2v) is 3.23. The van der Waals surface area contributed by atoms with Gasteiger partial charge in [0.15, 0.2) is 0 Å². The van der Waals surface area contributed by atoms with Crippen LogP contribution in [0.1, 0.15) is 19.3 Å². The first-order valence-corrected chi connectivity index (χ1v) is 6.39. The van der Waals surface area contributed by atoms with Crippen molar-refractivity contribution in [2.24, 2.45) is 0 Å². The zero-order chi connectivity index (χ0) is 14.5. The quantitative estimate of drug-likeness (QED) is 0.395. The Bertz CT molecular complexity index is 76.9. The van der Waals surface area contributed by atoms with Crippen molar-refractivity contribution in [1.82, 2.24) is 10.6 Å². The molecule has 1 heterocycles. The minimum atomic E-state index is 0. The van der Waals surface area contributed by atoms with E-state index in [1.165, 1.54) is 19.3 Å². The Labute approximate surface area is 145 Å². The van der Waals surface area contributed by atoms with E-state index < -0.39 is 0 Å². The summed E-state index contributed by atoms with van der Waals surface area (Å²) in [5, 5.41) is 32.2. The van der Waals surface area contributed by atoms with Crippen molar-refractivity contribution in [1.29, 1.82) is 0 Å². The average molecular weight is 351 g/mol. The molecule has 0 radical (unpaired) electrons. The molecule has 0 aliphatic carbocycles. The first kappa shape index (κ1) is 32.6. The third kappa shape index (κ3) is 36.3. The zero-order valence-electron chi connectivity index (χ0n) is 13.1. The first-order chi connectivity index (χ1) is 9.00. The topological polar surface area (TPSA) is 98.9 Å². The molecule has 0 amide bonds. The van der Waals surface area contributed by atoms with Crippen molar-refractivity contribution in [2.75, 3.05) is 60.6 Å². The summed E-state index contributed by atoms with van der Waals surface area (Å²) < 4.78 is 0. The normalized spacial score (nSPS) is 15.3. The van der Waals surface area contributed by atoms with Crippen molar-refractivity contribution >= 4 is 12.4 Å². The maximum Gasteiger partial charge on any atom is 0.0319 e. The molecule has 0 atom stereocenters. The summed E-state index contributed by atoms with van der Waals surface area (Å²) in [4.78, 5) is 0. The van der Waals surface area contributed by atoms with Crippen LogP contribution in [0.3, 0.4) is 0 Å². The monoisotopic (exact) mass is 350 g/mol. The molecular weight excluding hydrogens is 317 g/mol. The first-order valence-electron chi connectivity index (χ1n) is 6.39. The zero-order valence-corrected chi connectivity index (χ0v) is 15.4. The van der Waals surface area contributed by atoms with Gasteiger partial charge in [-0.15, -0.1) is 25.5 Å². The molecule has 0 saturated carbocycles. The number of aliphatic hydroxyl groups excluding tert-OH is 3. The van der Waals surface area contributed by atoms with E-state index in [-0.39, 0.29) is 34.1 Å². The van der Waals surface area contributed by atoms with Crippen LogP contribution < -0.4 is 10.6 Å². The summed E-state index contributed by atoms with van der Waals surface area (Å²) in [6.07, 6.45) is 3.65.